The van der Waals surface area contributed by atoms with Crippen LogP contribution in [0.5, 0.6) is 5.75 Å². The Morgan fingerprint density at radius 1 is 0.969 bits per heavy atom. The Morgan fingerprint density at radius 2 is 1.56 bits per heavy atom. The number of halogens is 2. The van der Waals surface area contributed by atoms with Gasteiger partial charge < -0.3 is 0 Å². The van der Waals surface area contributed by atoms with E-state index < -0.39 is 25.0 Å². The first-order valence-corrected chi connectivity index (χ1v) is 20.0. The van der Waals surface area contributed by atoms with Crippen LogP contribution in [0, 0.1) is 0 Å². The van der Waals surface area contributed by atoms with Crippen molar-refractivity contribution >= 4 is 33.0 Å². The normalized spacial score (nSPS) is 12.4. The standard InChI is InChI=1S/C13H16F2N3O.3C4H9.Sn/c1-17(2)6-3-7-18-12-5-4-11(19-13(14)15)8-10(12)9-16-18;3*1-3-4-2;/h4-5,8,13H,3,6-7H2,1-2H3;3*1,3-4H2,2H3;. The fraction of sp³-hybridized carbons (Fsp3) is 0.720. The third-order valence-corrected chi connectivity index (χ3v) is 21.6. The Kier molecular flexibility index (Phi) is 11.7. The monoisotopic (exact) mass is 559 g/mol. The van der Waals surface area contributed by atoms with E-state index >= 15 is 0 Å². The molecule has 0 atom stereocenters. The maximum absolute atomic E-state index is 13.0. The van der Waals surface area contributed by atoms with Crippen molar-refractivity contribution in [2.45, 2.75) is 92.2 Å². The molecular weight excluding hydrogens is 515 g/mol. The summed E-state index contributed by atoms with van der Waals surface area (Å²) in [7, 11) is 4.17. The number of unbranched alkanes of at least 4 members (excludes halogenated alkanes) is 3. The molecule has 0 saturated heterocycles. The van der Waals surface area contributed by atoms with Gasteiger partial charge in [-0.1, -0.05) is 0 Å². The molecule has 0 fully saturated rings. The zero-order valence-electron chi connectivity index (χ0n) is 20.8. The summed E-state index contributed by atoms with van der Waals surface area (Å²) in [4.78, 5) is 2.19. The summed E-state index contributed by atoms with van der Waals surface area (Å²) in [5, 5.41) is 6.36. The third kappa shape index (κ3) is 7.57. The minimum atomic E-state index is -2.84. The minimum absolute atomic E-state index is 0.253. The van der Waals surface area contributed by atoms with E-state index in [0.29, 0.717) is 0 Å². The second-order valence-corrected chi connectivity index (χ2v) is 22.3. The molecule has 182 valence electrons. The summed E-state index contributed by atoms with van der Waals surface area (Å²) in [6.07, 6.45) is 8.32. The number of ether oxygens (including phenoxy) is 1. The van der Waals surface area contributed by atoms with Gasteiger partial charge in [0.25, 0.3) is 0 Å². The Bertz CT molecular complexity index is 788. The molecule has 1 aromatic carbocycles. The molecule has 7 heteroatoms. The van der Waals surface area contributed by atoms with Crippen molar-refractivity contribution in [3.63, 3.8) is 0 Å². The van der Waals surface area contributed by atoms with Crippen LogP contribution in [0.1, 0.15) is 65.7 Å². The molecule has 0 spiro atoms. The third-order valence-electron chi connectivity index (χ3n) is 6.45. The number of benzene rings is 1. The number of rotatable bonds is 16. The van der Waals surface area contributed by atoms with Gasteiger partial charge in [-0.3, -0.25) is 0 Å². The number of fused-ring (bicyclic) bond motifs is 1. The van der Waals surface area contributed by atoms with Gasteiger partial charge in [-0.15, -0.1) is 0 Å². The molecule has 0 radical (unpaired) electrons. The van der Waals surface area contributed by atoms with Gasteiger partial charge in [0.2, 0.25) is 0 Å². The molecule has 0 aliphatic carbocycles. The zero-order valence-corrected chi connectivity index (χ0v) is 23.7. The fourth-order valence-electron chi connectivity index (χ4n) is 4.71. The molecule has 0 bridgehead atoms. The van der Waals surface area contributed by atoms with Crippen LogP contribution >= 0.6 is 0 Å². The van der Waals surface area contributed by atoms with Crippen LogP contribution in [0.3, 0.4) is 0 Å². The van der Waals surface area contributed by atoms with Crippen molar-refractivity contribution in [3.8, 4) is 5.75 Å². The van der Waals surface area contributed by atoms with Crippen LogP contribution in [-0.2, 0) is 6.54 Å². The molecule has 1 aromatic heterocycles. The number of nitrogens with zero attached hydrogens (tertiary/aromatic N) is 3. The molecule has 0 unspecified atom stereocenters. The van der Waals surface area contributed by atoms with Crippen molar-refractivity contribution in [1.82, 2.24) is 14.7 Å². The Hall–Kier alpha value is -0.891. The van der Waals surface area contributed by atoms with E-state index in [-0.39, 0.29) is 5.75 Å². The van der Waals surface area contributed by atoms with E-state index in [1.54, 1.807) is 6.07 Å². The first-order valence-electron chi connectivity index (χ1n) is 12.5. The zero-order chi connectivity index (χ0) is 23.6. The number of aryl methyl sites for hydroxylation is 1. The summed E-state index contributed by atoms with van der Waals surface area (Å²) in [6.45, 7) is 5.84. The van der Waals surface area contributed by atoms with Crippen molar-refractivity contribution in [3.05, 3.63) is 18.2 Å². The van der Waals surface area contributed by atoms with Crippen LogP contribution in [0.4, 0.5) is 8.78 Å². The Balaban J connectivity index is 2.61. The quantitative estimate of drug-likeness (QED) is 0.217. The van der Waals surface area contributed by atoms with Gasteiger partial charge in [-0.2, -0.15) is 0 Å². The average molecular weight is 558 g/mol. The second-order valence-electron chi connectivity index (χ2n) is 9.38. The topological polar surface area (TPSA) is 30.3 Å². The van der Waals surface area contributed by atoms with Crippen molar-refractivity contribution in [2.24, 2.45) is 0 Å². The van der Waals surface area contributed by atoms with Crippen molar-refractivity contribution < 1.29 is 13.5 Å². The molecule has 0 saturated carbocycles. The van der Waals surface area contributed by atoms with E-state index in [1.165, 1.54) is 55.5 Å². The van der Waals surface area contributed by atoms with Crippen LogP contribution in [0.2, 0.25) is 13.3 Å². The van der Waals surface area contributed by atoms with E-state index in [9.17, 15) is 8.78 Å². The van der Waals surface area contributed by atoms with E-state index in [1.807, 2.05) is 12.1 Å². The Labute approximate surface area is 197 Å². The van der Waals surface area contributed by atoms with Gasteiger partial charge in [0.1, 0.15) is 0 Å². The van der Waals surface area contributed by atoms with Gasteiger partial charge in [0.15, 0.2) is 0 Å². The SMILES string of the molecule is CCC[CH2][Sn]([CH2]CCC)([CH2]CCC)[c]1nn(CCCN(C)C)c2ccc(OC(F)F)cc12. The molecule has 4 nitrogen and oxygen atoms in total. The Morgan fingerprint density at radius 3 is 2.06 bits per heavy atom. The number of aromatic nitrogens is 2. The molecular formula is C25H43F2N3OSn. The van der Waals surface area contributed by atoms with Gasteiger partial charge in [0.05, 0.1) is 0 Å². The van der Waals surface area contributed by atoms with Crippen molar-refractivity contribution in [1.29, 1.82) is 0 Å². The second kappa shape index (κ2) is 13.7. The number of alkyl halides is 2. The van der Waals surface area contributed by atoms with Crippen LogP contribution in [-0.4, -0.2) is 60.3 Å². The molecule has 32 heavy (non-hydrogen) atoms. The maximum atomic E-state index is 13.0. The van der Waals surface area contributed by atoms with Gasteiger partial charge in [0, 0.05) is 0 Å². The summed E-state index contributed by atoms with van der Waals surface area (Å²) < 4.78 is 38.1. The van der Waals surface area contributed by atoms with Gasteiger partial charge in [-0.05, 0) is 0 Å². The predicted molar refractivity (Wildman–Crippen MR) is 134 cm³/mol. The van der Waals surface area contributed by atoms with E-state index in [2.05, 4.69) is 44.4 Å². The average Bonchev–Trinajstić information content (AvgIpc) is 3.11. The van der Waals surface area contributed by atoms with Gasteiger partial charge in [-0.25, -0.2) is 0 Å². The number of hydrogen-bond acceptors (Lipinski definition) is 3. The first-order chi connectivity index (χ1) is 15.4. The van der Waals surface area contributed by atoms with Crippen LogP contribution in [0.25, 0.3) is 10.9 Å². The van der Waals surface area contributed by atoms with Gasteiger partial charge >= 0.3 is 198 Å². The van der Waals surface area contributed by atoms with E-state index in [0.717, 1.165) is 30.4 Å². The predicted octanol–water partition coefficient (Wildman–Crippen LogP) is 6.65. The van der Waals surface area contributed by atoms with Crippen LogP contribution < -0.4 is 8.45 Å². The molecule has 0 aliphatic heterocycles. The first kappa shape index (κ1) is 27.4. The fourth-order valence-corrected chi connectivity index (χ4v) is 20.9. The van der Waals surface area contributed by atoms with E-state index in [4.69, 9.17) is 9.84 Å². The summed E-state index contributed by atoms with van der Waals surface area (Å²) in [5.41, 5.74) is 1.07. The molecule has 0 N–H and O–H groups in total. The molecule has 2 rings (SSSR count). The number of hydrogen-bond donors (Lipinski definition) is 0. The summed E-state index contributed by atoms with van der Waals surface area (Å²) in [5.74, 6) is 0.253. The summed E-state index contributed by atoms with van der Waals surface area (Å²) >= 11 is -2.84. The molecule has 2 aromatic rings. The van der Waals surface area contributed by atoms with Crippen molar-refractivity contribution in [2.75, 3.05) is 20.6 Å². The molecule has 1 heterocycles. The summed E-state index contributed by atoms with van der Waals surface area (Å²) in [6, 6.07) is 5.46. The molecule has 0 aliphatic rings. The van der Waals surface area contributed by atoms with Crippen LogP contribution in [0.15, 0.2) is 18.2 Å². The molecule has 0 amide bonds.